The molecule has 8 heteroatoms. The number of carbonyl (C=O) groups is 2. The first kappa shape index (κ1) is 24.8. The summed E-state index contributed by atoms with van der Waals surface area (Å²) in [5.74, 6) is -1.21. The van der Waals surface area contributed by atoms with Crippen LogP contribution < -0.4 is 5.32 Å². The Labute approximate surface area is 210 Å². The van der Waals surface area contributed by atoms with Gasteiger partial charge in [0.25, 0.3) is 5.91 Å². The maximum atomic E-state index is 12.8. The van der Waals surface area contributed by atoms with Crippen LogP contribution in [0.5, 0.6) is 0 Å². The molecule has 0 atom stereocenters. The molecule has 0 aliphatic heterocycles. The van der Waals surface area contributed by atoms with Crippen molar-refractivity contribution in [3.63, 3.8) is 0 Å². The molecule has 2 aromatic carbocycles. The van der Waals surface area contributed by atoms with E-state index in [0.29, 0.717) is 23.2 Å². The number of nitrogens with zero attached hydrogens (tertiary/aromatic N) is 4. The summed E-state index contributed by atoms with van der Waals surface area (Å²) in [4.78, 5) is 28.6. The Morgan fingerprint density at radius 2 is 1.53 bits per heavy atom. The number of nitrogens with one attached hydrogen (secondary N) is 1. The third-order valence-corrected chi connectivity index (χ3v) is 5.96. The molecule has 0 bridgehead atoms. The van der Waals surface area contributed by atoms with Crippen LogP contribution in [0, 0.1) is 0 Å². The van der Waals surface area contributed by atoms with Crippen molar-refractivity contribution in [1.82, 2.24) is 25.3 Å². The number of hydrogen-bond donors (Lipinski definition) is 2. The number of unbranched alkanes of at least 4 members (excludes halogenated alkanes) is 4. The number of amides is 1. The second-order valence-electron chi connectivity index (χ2n) is 8.53. The minimum absolute atomic E-state index is 0.178. The van der Waals surface area contributed by atoms with Gasteiger partial charge < -0.3 is 10.4 Å². The highest BCUT2D eigenvalue weighted by Gasteiger charge is 2.17. The van der Waals surface area contributed by atoms with Gasteiger partial charge in [-0.05, 0) is 48.2 Å². The van der Waals surface area contributed by atoms with Crippen LogP contribution in [0.1, 0.15) is 52.8 Å². The molecule has 184 valence electrons. The lowest BCUT2D eigenvalue weighted by atomic mass is 9.95. The Morgan fingerprint density at radius 3 is 2.28 bits per heavy atom. The lowest BCUT2D eigenvalue weighted by Gasteiger charge is -2.12. The van der Waals surface area contributed by atoms with Gasteiger partial charge in [-0.1, -0.05) is 60.9 Å². The van der Waals surface area contributed by atoms with Crippen molar-refractivity contribution in [3.8, 4) is 22.4 Å². The van der Waals surface area contributed by atoms with Gasteiger partial charge in [0.05, 0.1) is 11.8 Å². The molecule has 0 aliphatic rings. The van der Waals surface area contributed by atoms with Crippen molar-refractivity contribution in [3.05, 3.63) is 90.4 Å². The fourth-order valence-corrected chi connectivity index (χ4v) is 4.10. The van der Waals surface area contributed by atoms with Crippen LogP contribution >= 0.6 is 0 Å². The number of carboxylic acids is 1. The SMILES string of the molecule is O=C(O)c1ccccc1-c1ccccc1C(=O)NCCCCCCCn1cc(-c2cccnc2)nn1. The first-order valence-corrected chi connectivity index (χ1v) is 12.1. The molecule has 8 nitrogen and oxygen atoms in total. The van der Waals surface area contributed by atoms with Crippen LogP contribution in [0.3, 0.4) is 0 Å². The summed E-state index contributed by atoms with van der Waals surface area (Å²) in [5.41, 5.74) is 3.59. The smallest absolute Gasteiger partial charge is 0.336 e. The number of carboxylic acid groups (broad SMARTS) is 1. The van der Waals surface area contributed by atoms with Crippen LogP contribution in [0.2, 0.25) is 0 Å². The zero-order valence-electron chi connectivity index (χ0n) is 20.0. The molecule has 2 heterocycles. The van der Waals surface area contributed by atoms with Gasteiger partial charge >= 0.3 is 5.97 Å². The predicted octanol–water partition coefficient (Wildman–Crippen LogP) is 5.09. The Bertz CT molecular complexity index is 1300. The van der Waals surface area contributed by atoms with Crippen LogP contribution in [0.4, 0.5) is 0 Å². The van der Waals surface area contributed by atoms with Gasteiger partial charge in [-0.15, -0.1) is 5.10 Å². The quantitative estimate of drug-likeness (QED) is 0.272. The molecule has 0 spiro atoms. The zero-order chi connectivity index (χ0) is 25.2. The third kappa shape index (κ3) is 6.41. The molecule has 2 aromatic heterocycles. The lowest BCUT2D eigenvalue weighted by molar-refractivity contribution is 0.0697. The van der Waals surface area contributed by atoms with Gasteiger partial charge in [-0.2, -0.15) is 0 Å². The van der Waals surface area contributed by atoms with Gasteiger partial charge in [0.2, 0.25) is 0 Å². The van der Waals surface area contributed by atoms with E-state index < -0.39 is 5.97 Å². The van der Waals surface area contributed by atoms with E-state index in [2.05, 4.69) is 20.6 Å². The highest BCUT2D eigenvalue weighted by molar-refractivity contribution is 6.04. The highest BCUT2D eigenvalue weighted by Crippen LogP contribution is 2.27. The van der Waals surface area contributed by atoms with Crippen LogP contribution in [-0.4, -0.2) is 43.5 Å². The molecular formula is C28H29N5O3. The number of aryl methyl sites for hydroxylation is 1. The number of carbonyl (C=O) groups excluding carboxylic acids is 1. The summed E-state index contributed by atoms with van der Waals surface area (Å²) < 4.78 is 1.86. The van der Waals surface area contributed by atoms with E-state index >= 15 is 0 Å². The van der Waals surface area contributed by atoms with Gasteiger partial charge in [0, 0.05) is 36.6 Å². The monoisotopic (exact) mass is 483 g/mol. The normalized spacial score (nSPS) is 10.8. The zero-order valence-corrected chi connectivity index (χ0v) is 20.0. The van der Waals surface area contributed by atoms with Crippen molar-refractivity contribution in [2.24, 2.45) is 0 Å². The molecule has 4 rings (SSSR count). The average Bonchev–Trinajstić information content (AvgIpc) is 3.39. The Balaban J connectivity index is 1.18. The molecule has 2 N–H and O–H groups in total. The van der Waals surface area contributed by atoms with Crippen LogP contribution in [0.15, 0.2) is 79.3 Å². The van der Waals surface area contributed by atoms with E-state index in [9.17, 15) is 14.7 Å². The second kappa shape index (κ2) is 12.4. The van der Waals surface area contributed by atoms with Crippen molar-refractivity contribution in [2.45, 2.75) is 38.6 Å². The maximum absolute atomic E-state index is 12.8. The summed E-state index contributed by atoms with van der Waals surface area (Å²) in [7, 11) is 0. The van der Waals surface area contributed by atoms with Gasteiger partial charge in [0.15, 0.2) is 0 Å². The van der Waals surface area contributed by atoms with E-state index in [4.69, 9.17) is 0 Å². The summed E-state index contributed by atoms with van der Waals surface area (Å²) in [6.45, 7) is 1.39. The maximum Gasteiger partial charge on any atom is 0.336 e. The van der Waals surface area contributed by atoms with E-state index in [1.54, 1.807) is 54.9 Å². The molecule has 0 saturated carbocycles. The predicted molar refractivity (Wildman–Crippen MR) is 138 cm³/mol. The summed E-state index contributed by atoms with van der Waals surface area (Å²) >= 11 is 0. The number of pyridine rings is 1. The van der Waals surface area contributed by atoms with Crippen molar-refractivity contribution in [2.75, 3.05) is 6.54 Å². The van der Waals surface area contributed by atoms with E-state index in [1.165, 1.54) is 0 Å². The van der Waals surface area contributed by atoms with Crippen LogP contribution in [-0.2, 0) is 6.54 Å². The largest absolute Gasteiger partial charge is 0.478 e. The number of aromatic nitrogens is 4. The Kier molecular flexibility index (Phi) is 8.53. The van der Waals surface area contributed by atoms with Crippen LogP contribution in [0.25, 0.3) is 22.4 Å². The molecule has 0 fully saturated rings. The molecule has 1 amide bonds. The Morgan fingerprint density at radius 1 is 0.833 bits per heavy atom. The molecular weight excluding hydrogens is 454 g/mol. The first-order valence-electron chi connectivity index (χ1n) is 12.1. The second-order valence-corrected chi connectivity index (χ2v) is 8.53. The van der Waals surface area contributed by atoms with E-state index in [-0.39, 0.29) is 11.5 Å². The first-order chi connectivity index (χ1) is 17.6. The van der Waals surface area contributed by atoms with E-state index in [1.807, 2.05) is 29.1 Å². The minimum atomic E-state index is -1.02. The topological polar surface area (TPSA) is 110 Å². The minimum Gasteiger partial charge on any atom is -0.478 e. The summed E-state index contributed by atoms with van der Waals surface area (Å²) in [6, 6.07) is 17.7. The number of rotatable bonds is 12. The van der Waals surface area contributed by atoms with Crippen molar-refractivity contribution in [1.29, 1.82) is 0 Å². The van der Waals surface area contributed by atoms with Crippen molar-refractivity contribution < 1.29 is 14.7 Å². The third-order valence-electron chi connectivity index (χ3n) is 5.96. The standard InChI is InChI=1S/C28H29N5O3/c34-27(24-14-6-4-12-22(24)23-13-5-7-15-25(23)28(35)36)30-17-8-2-1-3-9-18-33-20-26(31-32-33)21-11-10-16-29-19-21/h4-7,10-16,19-20H,1-3,8-9,17-18H2,(H,30,34)(H,35,36). The fraction of sp³-hybridized carbons (Fsp3) is 0.250. The molecule has 0 radical (unpaired) electrons. The molecule has 0 aliphatic carbocycles. The highest BCUT2D eigenvalue weighted by atomic mass is 16.4. The number of benzene rings is 2. The number of aromatic carboxylic acids is 1. The molecule has 4 aromatic rings. The molecule has 0 unspecified atom stereocenters. The van der Waals surface area contributed by atoms with Gasteiger partial charge in [0.1, 0.15) is 5.69 Å². The molecule has 36 heavy (non-hydrogen) atoms. The van der Waals surface area contributed by atoms with E-state index in [0.717, 1.165) is 49.9 Å². The Hall–Kier alpha value is -4.33. The summed E-state index contributed by atoms with van der Waals surface area (Å²) in [6.07, 6.45) is 10.5. The summed E-state index contributed by atoms with van der Waals surface area (Å²) in [5, 5.41) is 20.9. The molecule has 0 saturated heterocycles. The van der Waals surface area contributed by atoms with Gasteiger partial charge in [-0.25, -0.2) is 4.79 Å². The van der Waals surface area contributed by atoms with Crippen molar-refractivity contribution >= 4 is 11.9 Å². The lowest BCUT2D eigenvalue weighted by Crippen LogP contribution is -2.25. The fourth-order valence-electron chi connectivity index (χ4n) is 4.10. The average molecular weight is 484 g/mol. The van der Waals surface area contributed by atoms with Gasteiger partial charge in [-0.3, -0.25) is 14.5 Å². The number of hydrogen-bond acceptors (Lipinski definition) is 5.